The van der Waals surface area contributed by atoms with Gasteiger partial charge in [-0.1, -0.05) is 23.0 Å². The third-order valence-corrected chi connectivity index (χ3v) is 4.74. The second-order valence-corrected chi connectivity index (χ2v) is 6.64. The number of nitrogens with zero attached hydrogens (tertiary/aromatic N) is 4. The Morgan fingerprint density at radius 1 is 1.43 bits per heavy atom. The molecule has 0 saturated heterocycles. The maximum absolute atomic E-state index is 5.82. The number of anilines is 1. The number of hydrogen-bond donors (Lipinski definition) is 1. The number of rotatable bonds is 5. The molecule has 0 amide bonds. The molecule has 3 aromatic heterocycles. The van der Waals surface area contributed by atoms with Crippen molar-refractivity contribution in [1.82, 2.24) is 19.9 Å². The van der Waals surface area contributed by atoms with Gasteiger partial charge in [-0.25, -0.2) is 0 Å². The fraction of sp³-hybridized carbons (Fsp3) is 0.308. The lowest BCUT2D eigenvalue weighted by Gasteiger charge is -2.10. The Morgan fingerprint density at radius 2 is 2.29 bits per heavy atom. The quantitative estimate of drug-likeness (QED) is 0.725. The van der Waals surface area contributed by atoms with Crippen molar-refractivity contribution in [3.05, 3.63) is 29.3 Å². The molecule has 2 N–H and O–H groups in total. The van der Waals surface area contributed by atoms with Gasteiger partial charge in [0, 0.05) is 17.9 Å². The molecule has 0 radical (unpaired) electrons. The Kier molecular flexibility index (Phi) is 3.98. The summed E-state index contributed by atoms with van der Waals surface area (Å²) in [6.07, 6.45) is 0. The van der Waals surface area contributed by atoms with Gasteiger partial charge in [0.15, 0.2) is 10.9 Å². The van der Waals surface area contributed by atoms with E-state index in [0.29, 0.717) is 11.7 Å². The van der Waals surface area contributed by atoms with Crippen LogP contribution in [0.2, 0.25) is 0 Å². The maximum atomic E-state index is 5.82. The van der Waals surface area contributed by atoms with E-state index in [1.54, 1.807) is 23.1 Å². The fourth-order valence-corrected chi connectivity index (χ4v) is 3.55. The molecule has 0 aromatic carbocycles. The van der Waals surface area contributed by atoms with Crippen molar-refractivity contribution >= 4 is 29.0 Å². The second kappa shape index (κ2) is 5.90. The van der Waals surface area contributed by atoms with Gasteiger partial charge in [-0.2, -0.15) is 0 Å². The Morgan fingerprint density at radius 3 is 3.00 bits per heavy atom. The van der Waals surface area contributed by atoms with Crippen molar-refractivity contribution < 1.29 is 4.52 Å². The molecule has 21 heavy (non-hydrogen) atoms. The van der Waals surface area contributed by atoms with Crippen molar-refractivity contribution in [3.63, 3.8) is 0 Å². The largest absolute Gasteiger partial charge is 0.368 e. The summed E-state index contributed by atoms with van der Waals surface area (Å²) >= 11 is 3.18. The molecule has 3 heterocycles. The fourth-order valence-electron chi connectivity index (χ4n) is 1.93. The molecule has 8 heteroatoms. The number of nitrogen functional groups attached to an aromatic ring is 1. The molecule has 0 aliphatic heterocycles. The first kappa shape index (κ1) is 14.2. The van der Waals surface area contributed by atoms with Gasteiger partial charge in [-0.05, 0) is 25.3 Å². The third kappa shape index (κ3) is 2.96. The molecule has 0 saturated carbocycles. The van der Waals surface area contributed by atoms with Crippen LogP contribution in [0, 0.1) is 0 Å². The van der Waals surface area contributed by atoms with Crippen LogP contribution in [-0.4, -0.2) is 19.9 Å². The summed E-state index contributed by atoms with van der Waals surface area (Å²) in [5.41, 5.74) is 6.70. The number of aromatic nitrogens is 4. The predicted octanol–water partition coefficient (Wildman–Crippen LogP) is 3.45. The van der Waals surface area contributed by atoms with E-state index in [-0.39, 0.29) is 6.04 Å². The van der Waals surface area contributed by atoms with Crippen LogP contribution >= 0.6 is 23.1 Å². The van der Waals surface area contributed by atoms with E-state index in [9.17, 15) is 0 Å². The molecule has 110 valence electrons. The van der Waals surface area contributed by atoms with Gasteiger partial charge in [0.05, 0.1) is 10.6 Å². The third-order valence-electron chi connectivity index (χ3n) is 2.88. The van der Waals surface area contributed by atoms with Crippen molar-refractivity contribution in [1.29, 1.82) is 0 Å². The lowest BCUT2D eigenvalue weighted by Crippen LogP contribution is -2.07. The Bertz CT molecular complexity index is 717. The number of thioether (sulfide) groups is 1. The van der Waals surface area contributed by atoms with Gasteiger partial charge in [0.1, 0.15) is 0 Å². The van der Waals surface area contributed by atoms with Crippen LogP contribution in [-0.2, 0) is 5.75 Å². The molecule has 3 aromatic rings. The van der Waals surface area contributed by atoms with Crippen LogP contribution in [0.1, 0.15) is 25.6 Å². The van der Waals surface area contributed by atoms with Crippen molar-refractivity contribution in [2.24, 2.45) is 0 Å². The van der Waals surface area contributed by atoms with Crippen LogP contribution in [0.5, 0.6) is 0 Å². The van der Waals surface area contributed by atoms with E-state index >= 15 is 0 Å². The van der Waals surface area contributed by atoms with Crippen molar-refractivity contribution in [2.45, 2.75) is 30.8 Å². The highest BCUT2D eigenvalue weighted by Crippen LogP contribution is 2.29. The van der Waals surface area contributed by atoms with Gasteiger partial charge in [-0.3, -0.25) is 4.57 Å². The normalized spacial score (nSPS) is 11.4. The SMILES string of the molecule is CC(C)n1c(N)nnc1SCc1cc(-c2cccs2)on1. The lowest BCUT2D eigenvalue weighted by molar-refractivity contribution is 0.427. The molecule has 0 aliphatic carbocycles. The average Bonchev–Trinajstić information content (AvgIpc) is 3.16. The highest BCUT2D eigenvalue weighted by Gasteiger charge is 2.14. The van der Waals surface area contributed by atoms with E-state index < -0.39 is 0 Å². The Balaban J connectivity index is 1.71. The number of nitrogens with two attached hydrogens (primary N) is 1. The van der Waals surface area contributed by atoms with E-state index in [0.717, 1.165) is 21.5 Å². The minimum absolute atomic E-state index is 0.224. The van der Waals surface area contributed by atoms with Crippen LogP contribution in [0.15, 0.2) is 33.3 Å². The molecule has 6 nitrogen and oxygen atoms in total. The Hall–Kier alpha value is -1.80. The molecule has 3 rings (SSSR count). The van der Waals surface area contributed by atoms with Crippen molar-refractivity contribution in [3.8, 4) is 10.6 Å². The summed E-state index contributed by atoms with van der Waals surface area (Å²) in [4.78, 5) is 1.08. The van der Waals surface area contributed by atoms with E-state index in [1.807, 2.05) is 28.1 Å². The Labute approximate surface area is 130 Å². The van der Waals surface area contributed by atoms with Crippen LogP contribution < -0.4 is 5.73 Å². The zero-order chi connectivity index (χ0) is 14.8. The molecular weight excluding hydrogens is 306 g/mol. The van der Waals surface area contributed by atoms with Gasteiger partial charge < -0.3 is 10.3 Å². The average molecular weight is 321 g/mol. The first-order valence-corrected chi connectivity index (χ1v) is 8.34. The summed E-state index contributed by atoms with van der Waals surface area (Å²) in [5, 5.41) is 14.9. The topological polar surface area (TPSA) is 82.8 Å². The van der Waals surface area contributed by atoms with Gasteiger partial charge in [-0.15, -0.1) is 21.5 Å². The standard InChI is InChI=1S/C13H15N5OS2/c1-8(2)18-12(14)15-16-13(18)21-7-9-6-10(19-17-9)11-4-3-5-20-11/h3-6,8H,7H2,1-2H3,(H2,14,15). The molecular formula is C13H15N5OS2. The summed E-state index contributed by atoms with van der Waals surface area (Å²) in [6.45, 7) is 4.10. The van der Waals surface area contributed by atoms with Crippen molar-refractivity contribution in [2.75, 3.05) is 5.73 Å². The molecule has 0 fully saturated rings. The van der Waals surface area contributed by atoms with Crippen LogP contribution in [0.25, 0.3) is 10.6 Å². The second-order valence-electron chi connectivity index (χ2n) is 4.75. The van der Waals surface area contributed by atoms with Gasteiger partial charge in [0.25, 0.3) is 0 Å². The van der Waals surface area contributed by atoms with Crippen LogP contribution in [0.3, 0.4) is 0 Å². The molecule has 0 aliphatic rings. The molecule has 0 unspecified atom stereocenters. The molecule has 0 atom stereocenters. The highest BCUT2D eigenvalue weighted by molar-refractivity contribution is 7.98. The summed E-state index contributed by atoms with van der Waals surface area (Å²) in [5.74, 6) is 1.90. The van der Waals surface area contributed by atoms with E-state index in [2.05, 4.69) is 29.2 Å². The highest BCUT2D eigenvalue weighted by atomic mass is 32.2. The number of thiophene rings is 1. The minimum atomic E-state index is 0.224. The summed E-state index contributed by atoms with van der Waals surface area (Å²) in [7, 11) is 0. The van der Waals surface area contributed by atoms with Crippen LogP contribution in [0.4, 0.5) is 5.95 Å². The first-order valence-electron chi connectivity index (χ1n) is 6.48. The molecule has 0 bridgehead atoms. The smallest absolute Gasteiger partial charge is 0.222 e. The lowest BCUT2D eigenvalue weighted by atomic mass is 10.3. The van der Waals surface area contributed by atoms with Gasteiger partial charge in [0.2, 0.25) is 5.95 Å². The van der Waals surface area contributed by atoms with E-state index in [1.165, 1.54) is 0 Å². The van der Waals surface area contributed by atoms with E-state index in [4.69, 9.17) is 10.3 Å². The summed E-state index contributed by atoms with van der Waals surface area (Å²) in [6, 6.07) is 6.18. The summed E-state index contributed by atoms with van der Waals surface area (Å²) < 4.78 is 7.27. The monoisotopic (exact) mass is 321 g/mol. The minimum Gasteiger partial charge on any atom is -0.368 e. The molecule has 0 spiro atoms. The zero-order valence-corrected chi connectivity index (χ0v) is 13.3. The first-order chi connectivity index (χ1) is 10.1. The zero-order valence-electron chi connectivity index (χ0n) is 11.7. The predicted molar refractivity (Wildman–Crippen MR) is 84.2 cm³/mol. The van der Waals surface area contributed by atoms with Gasteiger partial charge >= 0.3 is 0 Å². The maximum Gasteiger partial charge on any atom is 0.222 e. The number of hydrogen-bond acceptors (Lipinski definition) is 7.